The van der Waals surface area contributed by atoms with Gasteiger partial charge in [0.15, 0.2) is 11.5 Å². The van der Waals surface area contributed by atoms with E-state index in [1.807, 2.05) is 13.8 Å². The molecule has 0 spiro atoms. The number of amides is 1. The Morgan fingerprint density at radius 1 is 1.10 bits per heavy atom. The quantitative estimate of drug-likeness (QED) is 0.667. The topological polar surface area (TPSA) is 104 Å². The third kappa shape index (κ3) is 4.91. The van der Waals surface area contributed by atoms with E-state index < -0.39 is 34.5 Å². The number of nitrogen functional groups attached to an aromatic ring is 1. The molecule has 4 N–H and O–H groups in total. The molecule has 1 saturated carbocycles. The number of ketones is 1. The van der Waals surface area contributed by atoms with Gasteiger partial charge in [0, 0.05) is 12.1 Å². The van der Waals surface area contributed by atoms with Gasteiger partial charge in [-0.3, -0.25) is 9.59 Å². The Hall–Kier alpha value is -2.84. The lowest BCUT2D eigenvalue weighted by Crippen LogP contribution is -2.29. The third-order valence-electron chi connectivity index (χ3n) is 5.61. The lowest BCUT2D eigenvalue weighted by atomic mass is 9.75. The Morgan fingerprint density at radius 2 is 1.68 bits per heavy atom. The van der Waals surface area contributed by atoms with Crippen LogP contribution in [0.5, 0.6) is 0 Å². The lowest BCUT2D eigenvalue weighted by Gasteiger charge is -2.29. The number of hydrogen-bond donors (Lipinski definition) is 2. The number of halogens is 3. The van der Waals surface area contributed by atoms with Crippen LogP contribution in [0.4, 0.5) is 18.9 Å². The largest absolute Gasteiger partial charge is 0.435 e. The zero-order valence-corrected chi connectivity index (χ0v) is 17.7. The van der Waals surface area contributed by atoms with Crippen LogP contribution in [0.25, 0.3) is 5.69 Å². The molecule has 1 aromatic heterocycles. The average molecular weight is 436 g/mol. The van der Waals surface area contributed by atoms with E-state index >= 15 is 0 Å². The molecule has 9 heteroatoms. The molecule has 31 heavy (non-hydrogen) atoms. The summed E-state index contributed by atoms with van der Waals surface area (Å²) in [5, 5.41) is 3.66. The van der Waals surface area contributed by atoms with Crippen LogP contribution in [-0.2, 0) is 12.6 Å². The van der Waals surface area contributed by atoms with Crippen LogP contribution in [0.2, 0.25) is 0 Å². The van der Waals surface area contributed by atoms with Crippen molar-refractivity contribution in [1.82, 2.24) is 9.78 Å². The van der Waals surface area contributed by atoms with E-state index in [0.717, 1.165) is 4.68 Å². The van der Waals surface area contributed by atoms with Crippen molar-refractivity contribution < 1.29 is 22.8 Å². The van der Waals surface area contributed by atoms with Crippen molar-refractivity contribution in [3.63, 3.8) is 0 Å². The Balaban J connectivity index is 0.000000478. The highest BCUT2D eigenvalue weighted by atomic mass is 19.4. The number of aromatic nitrogens is 2. The van der Waals surface area contributed by atoms with E-state index in [4.69, 9.17) is 11.5 Å². The Labute approximate surface area is 178 Å². The van der Waals surface area contributed by atoms with Crippen LogP contribution >= 0.6 is 0 Å². The number of rotatable bonds is 2. The molecule has 1 heterocycles. The van der Waals surface area contributed by atoms with Gasteiger partial charge in [-0.15, -0.1) is 0 Å². The van der Waals surface area contributed by atoms with Crippen molar-refractivity contribution in [2.24, 2.45) is 11.1 Å². The molecule has 6 nitrogen and oxygen atoms in total. The number of Topliss-reactive ketones (excluding diaryl/α,β-unsaturated/α-hetero) is 1. The second-order valence-electron chi connectivity index (χ2n) is 8.92. The summed E-state index contributed by atoms with van der Waals surface area (Å²) in [5.41, 5.74) is 9.37. The van der Waals surface area contributed by atoms with Crippen LogP contribution in [0.15, 0.2) is 18.2 Å². The molecule has 0 bridgehead atoms. The number of primary amides is 1. The van der Waals surface area contributed by atoms with E-state index in [1.165, 1.54) is 50.3 Å². The fourth-order valence-corrected chi connectivity index (χ4v) is 4.15. The van der Waals surface area contributed by atoms with Gasteiger partial charge in [-0.2, -0.15) is 18.3 Å². The molecule has 0 aliphatic heterocycles. The number of hydrogen-bond acceptors (Lipinski definition) is 4. The van der Waals surface area contributed by atoms with E-state index in [0.29, 0.717) is 0 Å². The van der Waals surface area contributed by atoms with Gasteiger partial charge in [0.25, 0.3) is 5.91 Å². The van der Waals surface area contributed by atoms with Crippen molar-refractivity contribution >= 4 is 17.4 Å². The summed E-state index contributed by atoms with van der Waals surface area (Å²) >= 11 is 0. The maximum atomic E-state index is 13.4. The predicted molar refractivity (Wildman–Crippen MR) is 111 cm³/mol. The zero-order valence-electron chi connectivity index (χ0n) is 17.7. The predicted octanol–water partition coefficient (Wildman–Crippen LogP) is 4.68. The second-order valence-corrected chi connectivity index (χ2v) is 8.92. The molecule has 168 valence electrons. The first-order valence-electron chi connectivity index (χ1n) is 10.3. The summed E-state index contributed by atoms with van der Waals surface area (Å²) < 4.78 is 41.3. The van der Waals surface area contributed by atoms with Crippen molar-refractivity contribution in [3.8, 4) is 5.69 Å². The van der Waals surface area contributed by atoms with E-state index in [2.05, 4.69) is 5.10 Å². The molecule has 0 saturated heterocycles. The summed E-state index contributed by atoms with van der Waals surface area (Å²) in [4.78, 5) is 23.7. The number of alkyl halides is 3. The van der Waals surface area contributed by atoms with Crippen LogP contribution in [0, 0.1) is 5.41 Å². The summed E-state index contributed by atoms with van der Waals surface area (Å²) in [6.45, 7) is 3.62. The minimum atomic E-state index is -4.76. The molecule has 2 aromatic rings. The van der Waals surface area contributed by atoms with Gasteiger partial charge in [-0.1, -0.05) is 46.0 Å². The molecule has 1 fully saturated rings. The van der Waals surface area contributed by atoms with Gasteiger partial charge < -0.3 is 11.5 Å². The summed E-state index contributed by atoms with van der Waals surface area (Å²) in [7, 11) is 0. The Kier molecular flexibility index (Phi) is 6.16. The van der Waals surface area contributed by atoms with Crippen molar-refractivity contribution in [2.75, 3.05) is 5.73 Å². The van der Waals surface area contributed by atoms with Gasteiger partial charge in [0.05, 0.1) is 22.5 Å². The van der Waals surface area contributed by atoms with Gasteiger partial charge in [-0.25, -0.2) is 4.68 Å². The van der Waals surface area contributed by atoms with Crippen molar-refractivity contribution in [3.05, 3.63) is 40.7 Å². The lowest BCUT2D eigenvalue weighted by molar-refractivity contribution is -0.141. The van der Waals surface area contributed by atoms with Gasteiger partial charge in [-0.05, 0) is 30.0 Å². The van der Waals surface area contributed by atoms with Crippen molar-refractivity contribution in [2.45, 2.75) is 65.0 Å². The fraction of sp³-hybridized carbons (Fsp3) is 0.500. The first-order chi connectivity index (χ1) is 14.4. The number of nitrogens with two attached hydrogens (primary N) is 2. The molecule has 1 amide bonds. The summed E-state index contributed by atoms with van der Waals surface area (Å²) in [6.07, 6.45) is 3.00. The van der Waals surface area contributed by atoms with Crippen LogP contribution in [0.3, 0.4) is 0 Å². The summed E-state index contributed by atoms with van der Waals surface area (Å²) in [5.74, 6) is -1.33. The monoisotopic (exact) mass is 436 g/mol. The number of anilines is 1. The smallest absolute Gasteiger partial charge is 0.398 e. The number of fused-ring (bicyclic) bond motifs is 1. The SMILES string of the molecule is C1CCCC1.CC1(C)CC(=O)c2c(C(F)(F)F)nn(-c3ccc(C(N)=O)c(N)c3)c2C1. The van der Waals surface area contributed by atoms with E-state index in [-0.39, 0.29) is 35.5 Å². The van der Waals surface area contributed by atoms with Crippen LogP contribution in [0.1, 0.15) is 84.5 Å². The molecule has 4 rings (SSSR count). The van der Waals surface area contributed by atoms with E-state index in [9.17, 15) is 22.8 Å². The maximum absolute atomic E-state index is 13.4. The third-order valence-corrected chi connectivity index (χ3v) is 5.61. The fourth-order valence-electron chi connectivity index (χ4n) is 4.15. The van der Waals surface area contributed by atoms with Gasteiger partial charge >= 0.3 is 6.18 Å². The Bertz CT molecular complexity index is 997. The molecule has 2 aliphatic carbocycles. The minimum absolute atomic E-state index is 0.0114. The first-order valence-corrected chi connectivity index (χ1v) is 10.3. The molecule has 2 aliphatic rings. The zero-order chi connectivity index (χ0) is 23.0. The Morgan fingerprint density at radius 3 is 2.16 bits per heavy atom. The molecule has 0 atom stereocenters. The van der Waals surface area contributed by atoms with Crippen molar-refractivity contribution in [1.29, 1.82) is 0 Å². The number of nitrogens with zero attached hydrogens (tertiary/aromatic N) is 2. The molecule has 1 aromatic carbocycles. The van der Waals surface area contributed by atoms with Gasteiger partial charge in [0.1, 0.15) is 0 Å². The number of carbonyl (C=O) groups excluding carboxylic acids is 2. The van der Waals surface area contributed by atoms with Gasteiger partial charge in [0.2, 0.25) is 0 Å². The molecule has 0 unspecified atom stereocenters. The highest BCUT2D eigenvalue weighted by molar-refractivity contribution is 6.00. The molecule has 0 radical (unpaired) electrons. The highest BCUT2D eigenvalue weighted by Crippen LogP contribution is 2.41. The normalized spacial score (nSPS) is 17.6. The maximum Gasteiger partial charge on any atom is 0.435 e. The van der Waals surface area contributed by atoms with E-state index in [1.54, 1.807) is 0 Å². The second kappa shape index (κ2) is 8.36. The average Bonchev–Trinajstić information content (AvgIpc) is 3.31. The number of benzene rings is 1. The minimum Gasteiger partial charge on any atom is -0.398 e. The number of carbonyl (C=O) groups is 2. The molecular weight excluding hydrogens is 409 g/mol. The molecular formula is C22H27F3N4O2. The first kappa shape index (κ1) is 22.8. The summed E-state index contributed by atoms with van der Waals surface area (Å²) in [6, 6.07) is 4.04. The van der Waals surface area contributed by atoms with Crippen LogP contribution < -0.4 is 11.5 Å². The van der Waals surface area contributed by atoms with Crippen LogP contribution in [-0.4, -0.2) is 21.5 Å². The standard InChI is InChI=1S/C17H17F3N4O2.C5H10/c1-16(2)6-11-13(12(25)7-16)14(17(18,19)20)23-24(11)8-3-4-9(15(22)26)10(21)5-8;1-2-4-5-3-1/h3-5H,6-7,21H2,1-2H3,(H2,22,26);1-5H2. The highest BCUT2D eigenvalue weighted by Gasteiger charge is 2.45.